The van der Waals surface area contributed by atoms with Gasteiger partial charge in [-0.3, -0.25) is 0 Å². The summed E-state index contributed by atoms with van der Waals surface area (Å²) in [5.41, 5.74) is 0. The molecule has 2 aliphatic heterocycles. The third kappa shape index (κ3) is 18.0. The van der Waals surface area contributed by atoms with E-state index in [4.69, 9.17) is 29.2 Å². The maximum atomic E-state index is 4.93. The molecule has 0 aromatic rings. The normalized spacial score (nSPS) is 16.5. The van der Waals surface area contributed by atoms with Crippen LogP contribution in [0.25, 0.3) is 0 Å². The first-order valence-electron chi connectivity index (χ1n) is 7.83. The van der Waals surface area contributed by atoms with Crippen LogP contribution in [0.2, 0.25) is 0 Å². The molecule has 0 amide bonds. The molecule has 0 aromatic heterocycles. The van der Waals surface area contributed by atoms with Crippen molar-refractivity contribution in [3.8, 4) is 0 Å². The van der Waals surface area contributed by atoms with Crippen molar-refractivity contribution in [1.82, 2.24) is 9.80 Å². The van der Waals surface area contributed by atoms with Gasteiger partial charge in [0, 0.05) is 26.4 Å². The molecule has 0 N–H and O–H groups in total. The van der Waals surface area contributed by atoms with Gasteiger partial charge in [0.1, 0.15) is 10.9 Å². The van der Waals surface area contributed by atoms with E-state index >= 15 is 0 Å². The molecule has 0 unspecified atom stereocenters. The average molecular weight is 367 g/mol. The Morgan fingerprint density at radius 2 is 1.36 bits per heavy atom. The standard InChI is InChI=1S/C4H7NOS.C4H7NS2.2C4H10/c1-5-2-3-6-4(5)7;1-5-2-3-7-4(5)6;2*1-4(2)3/h2*2-3H2,1H3;2*4H,1-3H3. The van der Waals surface area contributed by atoms with Crippen molar-refractivity contribution in [3.05, 3.63) is 0 Å². The number of hydrogen-bond acceptors (Lipinski definition) is 4. The Bertz CT molecular complexity index is 274. The van der Waals surface area contributed by atoms with Crippen LogP contribution in [0.5, 0.6) is 0 Å². The second-order valence-electron chi connectivity index (χ2n) is 6.54. The van der Waals surface area contributed by atoms with E-state index in [1.54, 1.807) is 11.8 Å². The third-order valence-corrected chi connectivity index (χ3v) is 3.97. The molecule has 0 aromatic carbocycles. The number of nitrogens with zero attached hydrogens (tertiary/aromatic N) is 2. The molecule has 2 saturated heterocycles. The summed E-state index contributed by atoms with van der Waals surface area (Å²) in [6, 6.07) is 0. The van der Waals surface area contributed by atoms with E-state index in [9.17, 15) is 0 Å². The van der Waals surface area contributed by atoms with Crippen LogP contribution in [0, 0.1) is 11.8 Å². The smallest absolute Gasteiger partial charge is 0.259 e. The lowest BCUT2D eigenvalue weighted by Crippen LogP contribution is -2.17. The van der Waals surface area contributed by atoms with Crippen molar-refractivity contribution < 1.29 is 4.74 Å². The summed E-state index contributed by atoms with van der Waals surface area (Å²) in [5, 5.41) is 0.625. The minimum absolute atomic E-state index is 0.625. The van der Waals surface area contributed by atoms with Crippen LogP contribution in [-0.2, 0) is 4.74 Å². The zero-order valence-electron chi connectivity index (χ0n) is 15.5. The number of ether oxygens (including phenoxy) is 1. The monoisotopic (exact) mass is 366 g/mol. The van der Waals surface area contributed by atoms with Crippen LogP contribution in [0.4, 0.5) is 0 Å². The van der Waals surface area contributed by atoms with Crippen LogP contribution >= 0.6 is 36.2 Å². The highest BCUT2D eigenvalue weighted by molar-refractivity contribution is 8.23. The topological polar surface area (TPSA) is 15.7 Å². The molecule has 0 aliphatic carbocycles. The summed E-state index contributed by atoms with van der Waals surface area (Å²) in [5.74, 6) is 2.84. The molecular formula is C16H34N2OS3. The molecule has 0 saturated carbocycles. The molecule has 6 heteroatoms. The molecule has 0 bridgehead atoms. The molecule has 3 nitrogen and oxygen atoms in total. The molecule has 22 heavy (non-hydrogen) atoms. The Balaban J connectivity index is 0. The summed E-state index contributed by atoms with van der Waals surface area (Å²) in [7, 11) is 3.96. The SMILES string of the molecule is CC(C)C.CC(C)C.CN1CCOC1=S.CN1CCSC1=S. The summed E-state index contributed by atoms with van der Waals surface area (Å²) in [4.78, 5) is 4.01. The first-order chi connectivity index (χ1) is 10.1. The van der Waals surface area contributed by atoms with Crippen LogP contribution in [-0.4, -0.2) is 58.8 Å². The van der Waals surface area contributed by atoms with E-state index in [1.807, 2.05) is 19.0 Å². The Labute approximate surface area is 153 Å². The van der Waals surface area contributed by atoms with E-state index in [2.05, 4.69) is 46.4 Å². The second-order valence-corrected chi connectivity index (χ2v) is 8.61. The molecule has 0 spiro atoms. The highest BCUT2D eigenvalue weighted by atomic mass is 32.2. The Hall–Kier alpha value is -0.0700. The predicted molar refractivity (Wildman–Crippen MR) is 110 cm³/mol. The molecule has 0 radical (unpaired) electrons. The quantitative estimate of drug-likeness (QED) is 0.582. The molecular weight excluding hydrogens is 332 g/mol. The lowest BCUT2D eigenvalue weighted by molar-refractivity contribution is 0.361. The van der Waals surface area contributed by atoms with Crippen molar-refractivity contribution in [2.45, 2.75) is 41.5 Å². The number of hydrogen-bond donors (Lipinski definition) is 0. The van der Waals surface area contributed by atoms with Gasteiger partial charge in [0.05, 0.1) is 6.54 Å². The minimum atomic E-state index is 0.625. The van der Waals surface area contributed by atoms with Gasteiger partial charge in [0.15, 0.2) is 0 Å². The molecule has 132 valence electrons. The van der Waals surface area contributed by atoms with Gasteiger partial charge in [-0.15, -0.1) is 0 Å². The molecule has 2 heterocycles. The van der Waals surface area contributed by atoms with Gasteiger partial charge in [-0.2, -0.15) is 0 Å². The Kier molecular flexibility index (Phi) is 16.0. The average Bonchev–Trinajstić information content (AvgIpc) is 2.89. The predicted octanol–water partition coefficient (Wildman–Crippen LogP) is 4.51. The Morgan fingerprint density at radius 3 is 1.45 bits per heavy atom. The number of thiocarbonyl (C=S) groups is 2. The van der Waals surface area contributed by atoms with Crippen LogP contribution in [0.3, 0.4) is 0 Å². The first kappa shape index (κ1) is 24.2. The van der Waals surface area contributed by atoms with Crippen LogP contribution in [0.1, 0.15) is 41.5 Å². The van der Waals surface area contributed by atoms with Gasteiger partial charge in [0.2, 0.25) is 0 Å². The number of thioether (sulfide) groups is 1. The fraction of sp³-hybridized carbons (Fsp3) is 0.875. The third-order valence-electron chi connectivity index (χ3n) is 1.93. The van der Waals surface area contributed by atoms with Gasteiger partial charge in [-0.25, -0.2) is 0 Å². The molecule has 2 fully saturated rings. The summed E-state index contributed by atoms with van der Waals surface area (Å²) in [6.07, 6.45) is 0. The van der Waals surface area contributed by atoms with Crippen molar-refractivity contribution >= 4 is 45.7 Å². The second kappa shape index (κ2) is 14.5. The molecule has 2 rings (SSSR count). The van der Waals surface area contributed by atoms with E-state index < -0.39 is 0 Å². The minimum Gasteiger partial charge on any atom is -0.469 e. The van der Waals surface area contributed by atoms with Crippen molar-refractivity contribution in [2.24, 2.45) is 11.8 Å². The summed E-state index contributed by atoms with van der Waals surface area (Å²) in [6.45, 7) is 15.8. The zero-order chi connectivity index (χ0) is 17.7. The highest BCUT2D eigenvalue weighted by Gasteiger charge is 2.11. The number of likely N-dealkylation sites (N-methyl/N-ethyl adjacent to an activating group) is 1. The van der Waals surface area contributed by atoms with Crippen LogP contribution < -0.4 is 0 Å². The molecule has 0 atom stereocenters. The number of rotatable bonds is 0. The van der Waals surface area contributed by atoms with Gasteiger partial charge >= 0.3 is 0 Å². The molecule has 2 aliphatic rings. The van der Waals surface area contributed by atoms with Crippen LogP contribution in [0.15, 0.2) is 0 Å². The maximum absolute atomic E-state index is 4.93. The van der Waals surface area contributed by atoms with E-state index in [0.29, 0.717) is 5.17 Å². The summed E-state index contributed by atoms with van der Waals surface area (Å²) < 4.78 is 5.96. The maximum Gasteiger partial charge on any atom is 0.259 e. The Morgan fingerprint density at radius 1 is 0.909 bits per heavy atom. The summed E-state index contributed by atoms with van der Waals surface area (Å²) >= 11 is 11.4. The largest absolute Gasteiger partial charge is 0.469 e. The lowest BCUT2D eigenvalue weighted by Gasteiger charge is -2.05. The van der Waals surface area contributed by atoms with E-state index in [-0.39, 0.29) is 0 Å². The zero-order valence-corrected chi connectivity index (χ0v) is 18.0. The fourth-order valence-electron chi connectivity index (χ4n) is 0.943. The first-order valence-corrected chi connectivity index (χ1v) is 9.63. The van der Waals surface area contributed by atoms with Crippen molar-refractivity contribution in [1.29, 1.82) is 0 Å². The lowest BCUT2D eigenvalue weighted by atomic mass is 10.3. The fourth-order valence-corrected chi connectivity index (χ4v) is 2.31. The highest BCUT2D eigenvalue weighted by Crippen LogP contribution is 2.14. The van der Waals surface area contributed by atoms with Crippen molar-refractivity contribution in [3.63, 3.8) is 0 Å². The van der Waals surface area contributed by atoms with Gasteiger partial charge < -0.3 is 14.5 Å². The van der Waals surface area contributed by atoms with Gasteiger partial charge in [-0.05, 0) is 24.1 Å². The van der Waals surface area contributed by atoms with E-state index in [1.165, 1.54) is 5.75 Å². The van der Waals surface area contributed by atoms with Gasteiger partial charge in [-0.1, -0.05) is 65.5 Å². The van der Waals surface area contributed by atoms with Gasteiger partial charge in [0.25, 0.3) is 5.17 Å². The van der Waals surface area contributed by atoms with Crippen molar-refractivity contribution in [2.75, 3.05) is 39.5 Å². The van der Waals surface area contributed by atoms with E-state index in [0.717, 1.165) is 35.9 Å².